The Kier molecular flexibility index (Phi) is 6.87. The molecular weight excluding hydrogens is 292 g/mol. The zero-order valence-electron chi connectivity index (χ0n) is 12.2. The van der Waals surface area contributed by atoms with Gasteiger partial charge in [-0.25, -0.2) is 4.79 Å². The van der Waals surface area contributed by atoms with Crippen LogP contribution < -0.4 is 10.6 Å². The van der Waals surface area contributed by atoms with Crippen molar-refractivity contribution in [3.63, 3.8) is 0 Å². The van der Waals surface area contributed by atoms with E-state index in [4.69, 9.17) is 5.11 Å². The van der Waals surface area contributed by atoms with Crippen LogP contribution in [0.25, 0.3) is 0 Å². The summed E-state index contributed by atoms with van der Waals surface area (Å²) in [5.41, 5.74) is 1.16. The maximum atomic E-state index is 11.8. The van der Waals surface area contributed by atoms with Gasteiger partial charge in [-0.05, 0) is 30.7 Å². The average Bonchev–Trinajstić information content (AvgIpc) is 2.75. The molecule has 0 saturated carbocycles. The van der Waals surface area contributed by atoms with Gasteiger partial charge in [-0.15, -0.1) is 11.3 Å². The van der Waals surface area contributed by atoms with Gasteiger partial charge in [0, 0.05) is 19.9 Å². The maximum absolute atomic E-state index is 11.8. The van der Waals surface area contributed by atoms with Crippen LogP contribution in [0.5, 0.6) is 0 Å². The summed E-state index contributed by atoms with van der Waals surface area (Å²) in [5, 5.41) is 16.1. The molecule has 3 N–H and O–H groups in total. The summed E-state index contributed by atoms with van der Waals surface area (Å²) in [6.07, 6.45) is 2.71. The van der Waals surface area contributed by atoms with Gasteiger partial charge in [-0.1, -0.05) is 6.42 Å². The molecule has 0 atom stereocenters. The van der Waals surface area contributed by atoms with Crippen LogP contribution in [0.1, 0.15) is 47.8 Å². The van der Waals surface area contributed by atoms with Crippen molar-refractivity contribution in [2.24, 2.45) is 0 Å². The van der Waals surface area contributed by atoms with Crippen molar-refractivity contribution in [2.45, 2.75) is 39.5 Å². The van der Waals surface area contributed by atoms with Crippen molar-refractivity contribution in [1.82, 2.24) is 5.32 Å². The van der Waals surface area contributed by atoms with Gasteiger partial charge in [0.1, 0.15) is 4.88 Å². The minimum Gasteiger partial charge on any atom is -0.477 e. The van der Waals surface area contributed by atoms with Crippen molar-refractivity contribution in [1.29, 1.82) is 0 Å². The number of unbranched alkanes of at least 4 members (excludes halogenated alkanes) is 2. The summed E-state index contributed by atoms with van der Waals surface area (Å²) in [6, 6.07) is 0. The summed E-state index contributed by atoms with van der Waals surface area (Å²) in [7, 11) is 0. The summed E-state index contributed by atoms with van der Waals surface area (Å²) < 4.78 is 0. The number of amides is 2. The van der Waals surface area contributed by atoms with Gasteiger partial charge in [-0.2, -0.15) is 0 Å². The van der Waals surface area contributed by atoms with E-state index in [1.54, 1.807) is 12.3 Å². The van der Waals surface area contributed by atoms with E-state index in [0.717, 1.165) is 29.7 Å². The SMILES string of the molecule is CC(=O)NCCCCCC(=O)Nc1c(C)csc1C(=O)O. The topological polar surface area (TPSA) is 95.5 Å². The fraction of sp³-hybridized carbons (Fsp3) is 0.500. The van der Waals surface area contributed by atoms with E-state index in [2.05, 4.69) is 10.6 Å². The van der Waals surface area contributed by atoms with Gasteiger partial charge in [-0.3, -0.25) is 9.59 Å². The molecule has 0 aliphatic heterocycles. The molecule has 6 nitrogen and oxygen atoms in total. The molecule has 7 heteroatoms. The Bertz CT molecular complexity index is 525. The Labute approximate surface area is 127 Å². The first kappa shape index (κ1) is 17.2. The second kappa shape index (κ2) is 8.41. The summed E-state index contributed by atoms with van der Waals surface area (Å²) >= 11 is 1.11. The summed E-state index contributed by atoms with van der Waals surface area (Å²) in [6.45, 7) is 3.85. The normalized spacial score (nSPS) is 10.2. The minimum absolute atomic E-state index is 0.0538. The highest BCUT2D eigenvalue weighted by Gasteiger charge is 2.16. The molecule has 1 aromatic rings. The van der Waals surface area contributed by atoms with Crippen molar-refractivity contribution in [3.8, 4) is 0 Å². The highest BCUT2D eigenvalue weighted by Crippen LogP contribution is 2.27. The lowest BCUT2D eigenvalue weighted by Crippen LogP contribution is -2.20. The van der Waals surface area contributed by atoms with Gasteiger partial charge in [0.15, 0.2) is 0 Å². The summed E-state index contributed by atoms with van der Waals surface area (Å²) in [5.74, 6) is -1.26. The molecule has 2 amide bonds. The van der Waals surface area contributed by atoms with Gasteiger partial charge >= 0.3 is 5.97 Å². The first-order valence-electron chi connectivity index (χ1n) is 6.77. The molecule has 0 unspecified atom stereocenters. The standard InChI is InChI=1S/C14H20N2O4S/c1-9-8-21-13(14(19)20)12(9)16-11(18)6-4-3-5-7-15-10(2)17/h8H,3-7H2,1-2H3,(H,15,17)(H,16,18)(H,19,20). The third kappa shape index (κ3) is 5.95. The fourth-order valence-corrected chi connectivity index (χ4v) is 2.65. The lowest BCUT2D eigenvalue weighted by molar-refractivity contribution is -0.119. The van der Waals surface area contributed by atoms with Gasteiger partial charge in [0.2, 0.25) is 11.8 Å². The van der Waals surface area contributed by atoms with E-state index in [1.165, 1.54) is 6.92 Å². The van der Waals surface area contributed by atoms with Crippen LogP contribution in [0.4, 0.5) is 5.69 Å². The quantitative estimate of drug-likeness (QED) is 0.642. The predicted octanol–water partition coefficient (Wildman–Crippen LogP) is 2.39. The Balaban J connectivity index is 2.33. The number of hydrogen-bond donors (Lipinski definition) is 3. The number of hydrogen-bond acceptors (Lipinski definition) is 4. The second-order valence-corrected chi connectivity index (χ2v) is 5.65. The zero-order valence-corrected chi connectivity index (χ0v) is 13.0. The van der Waals surface area contributed by atoms with Gasteiger partial charge < -0.3 is 15.7 Å². The Morgan fingerprint density at radius 2 is 1.95 bits per heavy atom. The number of aryl methyl sites for hydroxylation is 1. The lowest BCUT2D eigenvalue weighted by Gasteiger charge is -2.06. The lowest BCUT2D eigenvalue weighted by atomic mass is 10.1. The molecule has 116 valence electrons. The third-order valence-corrected chi connectivity index (χ3v) is 3.97. The highest BCUT2D eigenvalue weighted by molar-refractivity contribution is 7.12. The molecule has 0 bridgehead atoms. The number of aromatic carboxylic acids is 1. The average molecular weight is 312 g/mol. The van der Waals surface area contributed by atoms with Crippen LogP contribution in [0.3, 0.4) is 0 Å². The maximum Gasteiger partial charge on any atom is 0.348 e. The van der Waals surface area contributed by atoms with Crippen LogP contribution in [0.2, 0.25) is 0 Å². The van der Waals surface area contributed by atoms with E-state index in [-0.39, 0.29) is 16.7 Å². The highest BCUT2D eigenvalue weighted by atomic mass is 32.1. The molecule has 0 aromatic carbocycles. The third-order valence-electron chi connectivity index (χ3n) is 2.89. The molecule has 0 radical (unpaired) electrons. The molecule has 1 aromatic heterocycles. The van der Waals surface area contributed by atoms with E-state index in [0.29, 0.717) is 25.1 Å². The van der Waals surface area contributed by atoms with Crippen LogP contribution in [0, 0.1) is 6.92 Å². The molecule has 0 aliphatic carbocycles. The van der Waals surface area contributed by atoms with Gasteiger partial charge in [0.05, 0.1) is 5.69 Å². The van der Waals surface area contributed by atoms with Crippen LogP contribution >= 0.6 is 11.3 Å². The van der Waals surface area contributed by atoms with Gasteiger partial charge in [0.25, 0.3) is 0 Å². The van der Waals surface area contributed by atoms with Crippen molar-refractivity contribution < 1.29 is 19.5 Å². The minimum atomic E-state index is -1.03. The van der Waals surface area contributed by atoms with E-state index < -0.39 is 5.97 Å². The van der Waals surface area contributed by atoms with Crippen molar-refractivity contribution >= 4 is 34.8 Å². The van der Waals surface area contributed by atoms with Crippen LogP contribution in [-0.2, 0) is 9.59 Å². The fourth-order valence-electron chi connectivity index (χ4n) is 1.81. The number of carboxylic acid groups (broad SMARTS) is 1. The molecule has 0 saturated heterocycles. The van der Waals surface area contributed by atoms with Crippen LogP contribution in [-0.4, -0.2) is 29.4 Å². The molecule has 1 rings (SSSR count). The van der Waals surface area contributed by atoms with E-state index in [1.807, 2.05) is 0 Å². The predicted molar refractivity (Wildman–Crippen MR) is 81.8 cm³/mol. The Hall–Kier alpha value is -1.89. The van der Waals surface area contributed by atoms with Crippen molar-refractivity contribution in [3.05, 3.63) is 15.8 Å². The van der Waals surface area contributed by atoms with Crippen molar-refractivity contribution in [2.75, 3.05) is 11.9 Å². The second-order valence-electron chi connectivity index (χ2n) is 4.77. The monoisotopic (exact) mass is 312 g/mol. The zero-order chi connectivity index (χ0) is 15.8. The molecule has 0 spiro atoms. The first-order chi connectivity index (χ1) is 9.91. The smallest absolute Gasteiger partial charge is 0.348 e. The number of anilines is 1. The largest absolute Gasteiger partial charge is 0.477 e. The first-order valence-corrected chi connectivity index (χ1v) is 7.65. The van der Waals surface area contributed by atoms with E-state index in [9.17, 15) is 14.4 Å². The Morgan fingerprint density at radius 1 is 1.24 bits per heavy atom. The summed E-state index contributed by atoms with van der Waals surface area (Å²) in [4.78, 5) is 33.7. The Morgan fingerprint density at radius 3 is 2.57 bits per heavy atom. The molecule has 0 fully saturated rings. The number of carboxylic acids is 1. The van der Waals surface area contributed by atoms with E-state index >= 15 is 0 Å². The number of carbonyl (C=O) groups excluding carboxylic acids is 2. The molecular formula is C14H20N2O4S. The number of thiophene rings is 1. The molecule has 1 heterocycles. The number of nitrogens with one attached hydrogen (secondary N) is 2. The van der Waals surface area contributed by atoms with Crippen LogP contribution in [0.15, 0.2) is 5.38 Å². The number of rotatable bonds is 8. The molecule has 21 heavy (non-hydrogen) atoms. The molecule has 0 aliphatic rings. The number of carbonyl (C=O) groups is 3.